The van der Waals surface area contributed by atoms with Crippen LogP contribution in [0.2, 0.25) is 0 Å². The van der Waals surface area contributed by atoms with Gasteiger partial charge >= 0.3 is 0 Å². The van der Waals surface area contributed by atoms with Gasteiger partial charge in [0.15, 0.2) is 0 Å². The lowest BCUT2D eigenvalue weighted by Gasteiger charge is -2.22. The van der Waals surface area contributed by atoms with Crippen LogP contribution in [0.3, 0.4) is 0 Å². The summed E-state index contributed by atoms with van der Waals surface area (Å²) in [6.45, 7) is 3.70. The molecule has 0 atom stereocenters. The Morgan fingerprint density at radius 1 is 0.926 bits per heavy atom. The number of hydrogen-bond acceptors (Lipinski definition) is 1. The smallest absolute Gasteiger partial charge is 0.242 e. The van der Waals surface area contributed by atoms with Crippen molar-refractivity contribution < 1.29 is 4.79 Å². The first-order valence-electron chi connectivity index (χ1n) is 9.15. The molecule has 3 aromatic carbocycles. The average Bonchev–Trinajstić information content (AvgIpc) is 3.00. The van der Waals surface area contributed by atoms with Gasteiger partial charge in [-0.2, -0.15) is 0 Å². The van der Waals surface area contributed by atoms with E-state index in [0.717, 1.165) is 21.1 Å². The van der Waals surface area contributed by atoms with Gasteiger partial charge in [0.25, 0.3) is 0 Å². The maximum Gasteiger partial charge on any atom is 0.242 e. The number of nitrogens with zero attached hydrogens (tertiary/aromatic N) is 2. The fourth-order valence-electron chi connectivity index (χ4n) is 3.61. The summed E-state index contributed by atoms with van der Waals surface area (Å²) in [7, 11) is 0. The summed E-state index contributed by atoms with van der Waals surface area (Å²) < 4.78 is 3.18. The second-order valence-corrected chi connectivity index (χ2v) is 7.57. The lowest BCUT2D eigenvalue weighted by molar-refractivity contribution is -0.132. The Balaban J connectivity index is 1.70. The van der Waals surface area contributed by atoms with E-state index in [1.54, 1.807) is 0 Å². The van der Waals surface area contributed by atoms with Gasteiger partial charge < -0.3 is 9.47 Å². The number of fused-ring (bicyclic) bond motifs is 3. The van der Waals surface area contributed by atoms with E-state index in [1.807, 2.05) is 48.2 Å². The number of carbonyl (C=O) groups is 1. The molecule has 0 aliphatic carbocycles. The minimum absolute atomic E-state index is 0.131. The van der Waals surface area contributed by atoms with E-state index >= 15 is 0 Å². The molecule has 4 aromatic rings. The zero-order valence-corrected chi connectivity index (χ0v) is 16.8. The van der Waals surface area contributed by atoms with Crippen LogP contribution < -0.4 is 0 Å². The Morgan fingerprint density at radius 3 is 2.41 bits per heavy atom. The molecular weight excluding hydrogens is 400 g/mol. The highest BCUT2D eigenvalue weighted by atomic mass is 79.9. The molecule has 0 aliphatic heterocycles. The second kappa shape index (κ2) is 7.57. The van der Waals surface area contributed by atoms with Gasteiger partial charge in [0, 0.05) is 39.4 Å². The minimum atomic E-state index is 0.131. The third-order valence-electron chi connectivity index (χ3n) is 4.98. The molecule has 0 saturated carbocycles. The molecule has 0 unspecified atom stereocenters. The van der Waals surface area contributed by atoms with Crippen molar-refractivity contribution in [3.05, 3.63) is 82.8 Å². The summed E-state index contributed by atoms with van der Waals surface area (Å²) in [6, 6.07) is 24.7. The molecule has 0 saturated heterocycles. The highest BCUT2D eigenvalue weighted by molar-refractivity contribution is 9.10. The first kappa shape index (κ1) is 17.8. The van der Waals surface area contributed by atoms with E-state index in [0.29, 0.717) is 19.6 Å². The molecule has 4 rings (SSSR count). The monoisotopic (exact) mass is 420 g/mol. The largest absolute Gasteiger partial charge is 0.337 e. The number of carbonyl (C=O) groups excluding carboxylic acids is 1. The van der Waals surface area contributed by atoms with Crippen molar-refractivity contribution in [1.29, 1.82) is 0 Å². The third-order valence-corrected chi connectivity index (χ3v) is 5.47. The maximum atomic E-state index is 13.1. The Labute approximate surface area is 167 Å². The fourth-order valence-corrected chi connectivity index (χ4v) is 3.97. The predicted octanol–water partition coefficient (Wildman–Crippen LogP) is 5.61. The van der Waals surface area contributed by atoms with Crippen LogP contribution >= 0.6 is 15.9 Å². The van der Waals surface area contributed by atoms with E-state index < -0.39 is 0 Å². The van der Waals surface area contributed by atoms with Gasteiger partial charge in [0.1, 0.15) is 6.54 Å². The van der Waals surface area contributed by atoms with E-state index in [1.165, 1.54) is 10.8 Å². The first-order valence-corrected chi connectivity index (χ1v) is 9.95. The van der Waals surface area contributed by atoms with Crippen molar-refractivity contribution in [2.45, 2.75) is 20.0 Å². The molecule has 136 valence electrons. The van der Waals surface area contributed by atoms with Crippen molar-refractivity contribution in [2.75, 3.05) is 6.54 Å². The molecule has 0 spiro atoms. The average molecular weight is 421 g/mol. The van der Waals surface area contributed by atoms with Gasteiger partial charge in [-0.05, 0) is 36.8 Å². The number of amides is 1. The standard InChI is InChI=1S/C23H21BrN2O/c1-2-25(15-17-8-4-3-5-9-17)23(27)16-26-21-11-7-6-10-19(21)20-14-18(24)12-13-22(20)26/h3-14H,2,15-16H2,1H3. The number of benzene rings is 3. The highest BCUT2D eigenvalue weighted by Gasteiger charge is 2.17. The number of rotatable bonds is 5. The van der Waals surface area contributed by atoms with E-state index in [4.69, 9.17) is 0 Å². The van der Waals surface area contributed by atoms with Crippen LogP contribution in [0.5, 0.6) is 0 Å². The molecule has 4 heteroatoms. The number of para-hydroxylation sites is 1. The van der Waals surface area contributed by atoms with Gasteiger partial charge in [-0.15, -0.1) is 0 Å². The second-order valence-electron chi connectivity index (χ2n) is 6.66. The van der Waals surface area contributed by atoms with Crippen LogP contribution in [0.1, 0.15) is 12.5 Å². The molecular formula is C23H21BrN2O. The van der Waals surface area contributed by atoms with Crippen molar-refractivity contribution >= 4 is 43.6 Å². The lowest BCUT2D eigenvalue weighted by atomic mass is 10.2. The lowest BCUT2D eigenvalue weighted by Crippen LogP contribution is -2.33. The molecule has 1 heterocycles. The van der Waals surface area contributed by atoms with Gasteiger partial charge in [-0.25, -0.2) is 0 Å². The summed E-state index contributed by atoms with van der Waals surface area (Å²) in [5.41, 5.74) is 3.33. The molecule has 3 nitrogen and oxygen atoms in total. The highest BCUT2D eigenvalue weighted by Crippen LogP contribution is 2.31. The van der Waals surface area contributed by atoms with Gasteiger partial charge in [0.05, 0.1) is 0 Å². The summed E-state index contributed by atoms with van der Waals surface area (Å²) in [5.74, 6) is 0.131. The SMILES string of the molecule is CCN(Cc1ccccc1)C(=O)Cn1c2ccccc2c2cc(Br)ccc21. The summed E-state index contributed by atoms with van der Waals surface area (Å²) in [4.78, 5) is 15.0. The molecule has 0 fully saturated rings. The van der Waals surface area contributed by atoms with Crippen LogP contribution in [0, 0.1) is 0 Å². The van der Waals surface area contributed by atoms with Crippen molar-refractivity contribution in [2.24, 2.45) is 0 Å². The van der Waals surface area contributed by atoms with Gasteiger partial charge in [0.2, 0.25) is 5.91 Å². The van der Waals surface area contributed by atoms with Crippen molar-refractivity contribution in [1.82, 2.24) is 9.47 Å². The topological polar surface area (TPSA) is 25.2 Å². The van der Waals surface area contributed by atoms with Gasteiger partial charge in [-0.3, -0.25) is 4.79 Å². The zero-order valence-electron chi connectivity index (χ0n) is 15.2. The van der Waals surface area contributed by atoms with Crippen LogP contribution in [-0.4, -0.2) is 21.9 Å². The molecule has 0 radical (unpaired) electrons. The molecule has 0 aliphatic rings. The predicted molar refractivity (Wildman–Crippen MR) is 115 cm³/mol. The zero-order chi connectivity index (χ0) is 18.8. The van der Waals surface area contributed by atoms with E-state index in [-0.39, 0.29) is 5.91 Å². The Morgan fingerprint density at radius 2 is 1.63 bits per heavy atom. The minimum Gasteiger partial charge on any atom is -0.337 e. The van der Waals surface area contributed by atoms with Crippen LogP contribution in [0.15, 0.2) is 77.3 Å². The molecule has 1 amide bonds. The molecule has 1 aromatic heterocycles. The van der Waals surface area contributed by atoms with Crippen molar-refractivity contribution in [3.8, 4) is 0 Å². The Bertz CT molecular complexity index is 1100. The van der Waals surface area contributed by atoms with E-state index in [9.17, 15) is 4.79 Å². The molecule has 27 heavy (non-hydrogen) atoms. The number of hydrogen-bond donors (Lipinski definition) is 0. The number of aromatic nitrogens is 1. The third kappa shape index (κ3) is 3.50. The van der Waals surface area contributed by atoms with Crippen LogP contribution in [0.25, 0.3) is 21.8 Å². The number of halogens is 1. The number of likely N-dealkylation sites (N-methyl/N-ethyl adjacent to an activating group) is 1. The maximum absolute atomic E-state index is 13.1. The normalized spacial score (nSPS) is 11.2. The summed E-state index contributed by atoms with van der Waals surface area (Å²) in [6.07, 6.45) is 0. The molecule has 0 N–H and O–H groups in total. The van der Waals surface area contributed by atoms with Crippen LogP contribution in [0.4, 0.5) is 0 Å². The van der Waals surface area contributed by atoms with Crippen molar-refractivity contribution in [3.63, 3.8) is 0 Å². The quantitative estimate of drug-likeness (QED) is 0.412. The summed E-state index contributed by atoms with van der Waals surface area (Å²) in [5, 5.41) is 2.34. The van der Waals surface area contributed by atoms with E-state index in [2.05, 4.69) is 56.9 Å². The fraction of sp³-hybridized carbons (Fsp3) is 0.174. The molecule has 0 bridgehead atoms. The van der Waals surface area contributed by atoms with Crippen LogP contribution in [-0.2, 0) is 17.9 Å². The Kier molecular flexibility index (Phi) is 4.99. The Hall–Kier alpha value is -2.59. The first-order chi connectivity index (χ1) is 13.2. The van der Waals surface area contributed by atoms with Gasteiger partial charge in [-0.1, -0.05) is 64.5 Å². The summed E-state index contributed by atoms with van der Waals surface area (Å²) >= 11 is 3.57.